The van der Waals surface area contributed by atoms with Crippen molar-refractivity contribution in [3.05, 3.63) is 261 Å². The van der Waals surface area contributed by atoms with E-state index in [1.54, 1.807) is 0 Å². The first kappa shape index (κ1) is 38.5. The van der Waals surface area contributed by atoms with Crippen LogP contribution in [0.4, 0.5) is 17.1 Å². The molecule has 0 spiro atoms. The monoisotopic (exact) mass is 853 g/mol. The zero-order valence-electron chi connectivity index (χ0n) is 36.7. The molecule has 2 aromatic heterocycles. The summed E-state index contributed by atoms with van der Waals surface area (Å²) in [6.07, 6.45) is 0. The summed E-state index contributed by atoms with van der Waals surface area (Å²) in [5, 5.41) is 7.44. The van der Waals surface area contributed by atoms with Gasteiger partial charge >= 0.3 is 0 Å². The van der Waals surface area contributed by atoms with Crippen molar-refractivity contribution >= 4 is 71.4 Å². The summed E-state index contributed by atoms with van der Waals surface area (Å²) in [6.45, 7) is 0. The maximum absolute atomic E-state index is 2.37. The zero-order valence-corrected chi connectivity index (χ0v) is 36.7. The molecule has 13 aromatic rings. The highest BCUT2D eigenvalue weighted by Crippen LogP contribution is 2.43. The number of benzene rings is 11. The Morgan fingerprint density at radius 2 is 0.672 bits per heavy atom. The number of nitrogens with zero attached hydrogens (tertiary/aromatic N) is 3. The Kier molecular flexibility index (Phi) is 9.17. The molecule has 0 aliphatic carbocycles. The normalized spacial score (nSPS) is 11.6. The Labute approximate surface area is 389 Å². The maximum atomic E-state index is 2.37. The van der Waals surface area contributed by atoms with Gasteiger partial charge in [-0.2, -0.15) is 0 Å². The van der Waals surface area contributed by atoms with Crippen LogP contribution in [0.15, 0.2) is 261 Å². The van der Waals surface area contributed by atoms with Crippen LogP contribution in [0, 0.1) is 0 Å². The Bertz CT molecular complexity index is 3940. The predicted octanol–water partition coefficient (Wildman–Crippen LogP) is 17.5. The van der Waals surface area contributed by atoms with Crippen LogP contribution in [0.1, 0.15) is 0 Å². The van der Waals surface area contributed by atoms with Crippen molar-refractivity contribution in [3.63, 3.8) is 0 Å². The zero-order chi connectivity index (χ0) is 44.3. The van der Waals surface area contributed by atoms with Gasteiger partial charge in [-0.05, 0) is 135 Å². The molecule has 0 atom stereocenters. The minimum Gasteiger partial charge on any atom is -0.310 e. The highest BCUT2D eigenvalue weighted by molar-refractivity contribution is 6.12. The van der Waals surface area contributed by atoms with Crippen LogP contribution in [0.25, 0.3) is 99.1 Å². The Morgan fingerprint density at radius 3 is 1.25 bits per heavy atom. The van der Waals surface area contributed by atoms with Gasteiger partial charge in [0.05, 0.1) is 22.1 Å². The number of hydrogen-bond acceptors (Lipinski definition) is 1. The van der Waals surface area contributed by atoms with E-state index in [-0.39, 0.29) is 0 Å². The molecule has 0 fully saturated rings. The number of aromatic nitrogens is 2. The summed E-state index contributed by atoms with van der Waals surface area (Å²) in [7, 11) is 0. The van der Waals surface area contributed by atoms with Gasteiger partial charge in [-0.3, -0.25) is 0 Å². The van der Waals surface area contributed by atoms with E-state index in [0.29, 0.717) is 0 Å². The van der Waals surface area contributed by atoms with E-state index < -0.39 is 0 Å². The smallest absolute Gasteiger partial charge is 0.0542 e. The molecule has 3 nitrogen and oxygen atoms in total. The summed E-state index contributed by atoms with van der Waals surface area (Å²) < 4.78 is 4.74. The molecule has 0 aliphatic heterocycles. The third-order valence-corrected chi connectivity index (χ3v) is 13.5. The van der Waals surface area contributed by atoms with E-state index in [9.17, 15) is 0 Å². The number of rotatable bonds is 8. The van der Waals surface area contributed by atoms with Gasteiger partial charge in [0.1, 0.15) is 0 Å². The highest BCUT2D eigenvalue weighted by Gasteiger charge is 2.19. The topological polar surface area (TPSA) is 13.1 Å². The molecule has 11 aromatic carbocycles. The molecule has 13 rings (SSSR count). The van der Waals surface area contributed by atoms with Gasteiger partial charge in [0.15, 0.2) is 0 Å². The minimum absolute atomic E-state index is 1.10. The quantitative estimate of drug-likeness (QED) is 0.148. The molecule has 0 saturated heterocycles. The molecule has 314 valence electrons. The van der Waals surface area contributed by atoms with Crippen molar-refractivity contribution in [3.8, 4) is 44.8 Å². The van der Waals surface area contributed by atoms with Gasteiger partial charge in [0, 0.05) is 50.0 Å². The molecule has 67 heavy (non-hydrogen) atoms. The van der Waals surface area contributed by atoms with Gasteiger partial charge in [-0.25, -0.2) is 0 Å². The van der Waals surface area contributed by atoms with Crippen molar-refractivity contribution < 1.29 is 0 Å². The highest BCUT2D eigenvalue weighted by atomic mass is 15.1. The standard InChI is InChI=1S/C64H43N3/c1-4-18-49(19-5-1)65(53-39-41-63-59(43-53)57-25-11-13-29-61(57)67(63)51-22-8-3-9-23-51)52-37-34-46(35-38-52)55-27-15-17-47-16-14-26-54(64(47)55)45-32-30-44(31-33-45)48-36-40-62-58(42-48)56-24-10-12-28-60(56)66(62)50-20-6-2-7-21-50/h1-43H. The van der Waals surface area contributed by atoms with E-state index in [4.69, 9.17) is 0 Å². The largest absolute Gasteiger partial charge is 0.310 e. The first-order valence-electron chi connectivity index (χ1n) is 23.0. The van der Waals surface area contributed by atoms with Gasteiger partial charge in [0.25, 0.3) is 0 Å². The fraction of sp³-hybridized carbons (Fsp3) is 0. The molecule has 0 radical (unpaired) electrons. The first-order valence-corrected chi connectivity index (χ1v) is 23.0. The molecule has 0 bridgehead atoms. The maximum Gasteiger partial charge on any atom is 0.0542 e. The average Bonchev–Trinajstić information content (AvgIpc) is 3.92. The average molecular weight is 854 g/mol. The van der Waals surface area contributed by atoms with E-state index in [1.807, 2.05) is 0 Å². The van der Waals surface area contributed by atoms with E-state index in [0.717, 1.165) is 22.7 Å². The molecule has 0 N–H and O–H groups in total. The van der Waals surface area contributed by atoms with Gasteiger partial charge in [-0.15, -0.1) is 0 Å². The second-order valence-electron chi connectivity index (χ2n) is 17.3. The van der Waals surface area contributed by atoms with Crippen molar-refractivity contribution in [2.45, 2.75) is 0 Å². The summed E-state index contributed by atoms with van der Waals surface area (Å²) in [6, 6.07) is 94.8. The lowest BCUT2D eigenvalue weighted by molar-refractivity contribution is 1.18. The van der Waals surface area contributed by atoms with E-state index in [2.05, 4.69) is 275 Å². The lowest BCUT2D eigenvalue weighted by atomic mass is 9.90. The summed E-state index contributed by atoms with van der Waals surface area (Å²) in [5.41, 5.74) is 17.7. The molecule has 0 saturated carbocycles. The lowest BCUT2D eigenvalue weighted by Gasteiger charge is -2.26. The fourth-order valence-corrected chi connectivity index (χ4v) is 10.4. The molecular weight excluding hydrogens is 811 g/mol. The van der Waals surface area contributed by atoms with Crippen molar-refractivity contribution in [1.82, 2.24) is 9.13 Å². The Balaban J connectivity index is 0.866. The summed E-state index contributed by atoms with van der Waals surface area (Å²) in [4.78, 5) is 2.37. The van der Waals surface area contributed by atoms with E-state index in [1.165, 1.54) is 93.5 Å². The number of fused-ring (bicyclic) bond motifs is 7. The van der Waals surface area contributed by atoms with Gasteiger partial charge in [0.2, 0.25) is 0 Å². The molecule has 0 aliphatic rings. The van der Waals surface area contributed by atoms with Crippen LogP contribution < -0.4 is 4.90 Å². The van der Waals surface area contributed by atoms with Crippen molar-refractivity contribution in [2.24, 2.45) is 0 Å². The van der Waals surface area contributed by atoms with Crippen LogP contribution in [0.2, 0.25) is 0 Å². The molecule has 0 amide bonds. The van der Waals surface area contributed by atoms with Crippen LogP contribution >= 0.6 is 0 Å². The second kappa shape index (κ2) is 16.0. The Hall–Kier alpha value is -8.92. The van der Waals surface area contributed by atoms with Crippen LogP contribution in [-0.2, 0) is 0 Å². The summed E-state index contributed by atoms with van der Waals surface area (Å²) >= 11 is 0. The second-order valence-corrected chi connectivity index (χ2v) is 17.3. The number of anilines is 3. The molecule has 0 unspecified atom stereocenters. The number of hydrogen-bond donors (Lipinski definition) is 0. The van der Waals surface area contributed by atoms with Gasteiger partial charge in [-0.1, -0.05) is 170 Å². The molecular formula is C64H43N3. The molecule has 3 heteroatoms. The van der Waals surface area contributed by atoms with Crippen molar-refractivity contribution in [1.29, 1.82) is 0 Å². The third-order valence-electron chi connectivity index (χ3n) is 13.5. The number of para-hydroxylation sites is 5. The van der Waals surface area contributed by atoms with E-state index >= 15 is 0 Å². The first-order chi connectivity index (χ1) is 33.2. The van der Waals surface area contributed by atoms with Crippen LogP contribution in [0.5, 0.6) is 0 Å². The van der Waals surface area contributed by atoms with Crippen LogP contribution in [0.3, 0.4) is 0 Å². The summed E-state index contributed by atoms with van der Waals surface area (Å²) in [5.74, 6) is 0. The molecule has 2 heterocycles. The van der Waals surface area contributed by atoms with Crippen LogP contribution in [-0.4, -0.2) is 9.13 Å². The van der Waals surface area contributed by atoms with Gasteiger partial charge < -0.3 is 14.0 Å². The van der Waals surface area contributed by atoms with Crippen molar-refractivity contribution in [2.75, 3.05) is 4.90 Å². The predicted molar refractivity (Wildman–Crippen MR) is 284 cm³/mol. The SMILES string of the molecule is c1ccc(N(c2ccc(-c3cccc4cccc(-c5ccc(-c6ccc7c(c6)c6ccccc6n7-c6ccccc6)cc5)c34)cc2)c2ccc3c(c2)c2ccccc2n3-c2ccccc2)cc1. The fourth-order valence-electron chi connectivity index (χ4n) is 10.4. The lowest BCUT2D eigenvalue weighted by Crippen LogP contribution is -2.09. The minimum atomic E-state index is 1.10. The Morgan fingerprint density at radius 1 is 0.254 bits per heavy atom. The third kappa shape index (κ3) is 6.51.